The van der Waals surface area contributed by atoms with Gasteiger partial charge in [0.15, 0.2) is 0 Å². The summed E-state index contributed by atoms with van der Waals surface area (Å²) in [6.07, 6.45) is 3.15. The fourth-order valence-corrected chi connectivity index (χ4v) is 0.322. The van der Waals surface area contributed by atoms with Gasteiger partial charge in [-0.05, 0) is 0 Å². The van der Waals surface area contributed by atoms with E-state index >= 15 is 0 Å². The Balaban J connectivity index is 3.49. The number of hydrogen-bond acceptors (Lipinski definition) is 3. The second-order valence-corrected chi connectivity index (χ2v) is 1.46. The van der Waals surface area contributed by atoms with Crippen LogP contribution < -0.4 is 11.3 Å². The van der Waals surface area contributed by atoms with Gasteiger partial charge in [-0.2, -0.15) is 0 Å². The minimum absolute atomic E-state index is 0.504. The standard InChI is InChI=1S/C6H11N3/c1-3-4-8-6(2)5-9-7/h3-4,9H,1-2,5,7H2. The van der Waals surface area contributed by atoms with E-state index in [1.54, 1.807) is 12.3 Å². The van der Waals surface area contributed by atoms with E-state index in [-0.39, 0.29) is 0 Å². The van der Waals surface area contributed by atoms with Crippen LogP contribution in [0.3, 0.4) is 0 Å². The number of allylic oxidation sites excluding steroid dienone is 1. The molecule has 0 bridgehead atoms. The number of nitrogens with two attached hydrogens (primary N) is 1. The van der Waals surface area contributed by atoms with E-state index in [4.69, 9.17) is 5.84 Å². The molecule has 0 saturated heterocycles. The van der Waals surface area contributed by atoms with Crippen molar-refractivity contribution in [2.24, 2.45) is 10.8 Å². The maximum atomic E-state index is 4.99. The molecule has 0 aliphatic heterocycles. The summed E-state index contributed by atoms with van der Waals surface area (Å²) in [5.41, 5.74) is 3.12. The van der Waals surface area contributed by atoms with E-state index in [9.17, 15) is 0 Å². The molecule has 0 aliphatic rings. The van der Waals surface area contributed by atoms with Gasteiger partial charge in [-0.15, -0.1) is 0 Å². The molecule has 0 spiro atoms. The first-order valence-corrected chi connectivity index (χ1v) is 2.57. The third-order valence-corrected chi connectivity index (χ3v) is 0.669. The Hall–Kier alpha value is -0.930. The molecule has 0 aromatic carbocycles. The van der Waals surface area contributed by atoms with Crippen LogP contribution in [0.1, 0.15) is 0 Å². The van der Waals surface area contributed by atoms with Crippen LogP contribution in [0.25, 0.3) is 0 Å². The number of nitrogens with one attached hydrogen (secondary N) is 1. The van der Waals surface area contributed by atoms with Crippen LogP contribution in [0.5, 0.6) is 0 Å². The van der Waals surface area contributed by atoms with E-state index < -0.39 is 0 Å². The molecule has 0 unspecified atom stereocenters. The third-order valence-electron chi connectivity index (χ3n) is 0.669. The summed E-state index contributed by atoms with van der Waals surface area (Å²) in [4.78, 5) is 3.85. The van der Waals surface area contributed by atoms with Gasteiger partial charge in [0.1, 0.15) is 0 Å². The molecule has 50 valence electrons. The SMILES string of the molecule is C=CC=NC(=C)CNN. The Bertz CT molecular complexity index is 126. The van der Waals surface area contributed by atoms with Crippen molar-refractivity contribution < 1.29 is 0 Å². The normalized spacial score (nSPS) is 9.89. The smallest absolute Gasteiger partial charge is 0.0516 e. The van der Waals surface area contributed by atoms with Crippen LogP contribution in [0.2, 0.25) is 0 Å². The van der Waals surface area contributed by atoms with E-state index in [1.807, 2.05) is 0 Å². The van der Waals surface area contributed by atoms with Crippen molar-refractivity contribution >= 4 is 6.21 Å². The van der Waals surface area contributed by atoms with Crippen molar-refractivity contribution in [1.29, 1.82) is 0 Å². The maximum Gasteiger partial charge on any atom is 0.0516 e. The number of hydrogen-bond donors (Lipinski definition) is 2. The molecule has 0 amide bonds. The lowest BCUT2D eigenvalue weighted by atomic mass is 10.5. The molecule has 0 aromatic rings. The lowest BCUT2D eigenvalue weighted by molar-refractivity contribution is 0.793. The first kappa shape index (κ1) is 8.07. The Kier molecular flexibility index (Phi) is 4.67. The molecule has 0 heterocycles. The van der Waals surface area contributed by atoms with Crippen molar-refractivity contribution in [3.63, 3.8) is 0 Å². The van der Waals surface area contributed by atoms with Crippen LogP contribution in [0, 0.1) is 0 Å². The number of rotatable bonds is 4. The minimum Gasteiger partial charge on any atom is -0.271 e. The Morgan fingerprint density at radius 2 is 2.44 bits per heavy atom. The highest BCUT2D eigenvalue weighted by Gasteiger charge is 1.81. The Morgan fingerprint density at radius 3 is 2.89 bits per heavy atom. The van der Waals surface area contributed by atoms with Crippen molar-refractivity contribution in [3.8, 4) is 0 Å². The van der Waals surface area contributed by atoms with Crippen molar-refractivity contribution in [1.82, 2.24) is 5.43 Å². The molecule has 0 atom stereocenters. The van der Waals surface area contributed by atoms with E-state index in [0.29, 0.717) is 12.2 Å². The van der Waals surface area contributed by atoms with Gasteiger partial charge in [0.2, 0.25) is 0 Å². The highest BCUT2D eigenvalue weighted by atomic mass is 15.2. The molecule has 0 aliphatic carbocycles. The molecular formula is C6H11N3. The Labute approximate surface area is 54.9 Å². The maximum absolute atomic E-state index is 4.99. The topological polar surface area (TPSA) is 50.4 Å². The van der Waals surface area contributed by atoms with Crippen molar-refractivity contribution in [2.75, 3.05) is 6.54 Å². The average Bonchev–Trinajstić information content (AvgIpc) is 1.85. The highest BCUT2D eigenvalue weighted by molar-refractivity contribution is 5.71. The fourth-order valence-electron chi connectivity index (χ4n) is 0.322. The van der Waals surface area contributed by atoms with Gasteiger partial charge in [-0.1, -0.05) is 19.2 Å². The van der Waals surface area contributed by atoms with Crippen LogP contribution in [-0.4, -0.2) is 12.8 Å². The lowest BCUT2D eigenvalue weighted by Gasteiger charge is -1.93. The van der Waals surface area contributed by atoms with Gasteiger partial charge in [0.25, 0.3) is 0 Å². The van der Waals surface area contributed by atoms with Crippen molar-refractivity contribution in [3.05, 3.63) is 24.9 Å². The largest absolute Gasteiger partial charge is 0.271 e. The first-order chi connectivity index (χ1) is 4.31. The highest BCUT2D eigenvalue weighted by Crippen LogP contribution is 1.85. The second-order valence-electron chi connectivity index (χ2n) is 1.46. The predicted octanol–water partition coefficient (Wildman–Crippen LogP) is 0.220. The third kappa shape index (κ3) is 4.93. The molecule has 0 rings (SSSR count). The molecule has 3 nitrogen and oxygen atoms in total. The van der Waals surface area contributed by atoms with Crippen LogP contribution in [-0.2, 0) is 0 Å². The van der Waals surface area contributed by atoms with Gasteiger partial charge in [0, 0.05) is 11.9 Å². The number of aliphatic imine (C=N–C) groups is 1. The minimum atomic E-state index is 0.504. The summed E-state index contributed by atoms with van der Waals surface area (Å²) in [7, 11) is 0. The zero-order valence-corrected chi connectivity index (χ0v) is 5.30. The molecular weight excluding hydrogens is 114 g/mol. The number of nitrogens with zero attached hydrogens (tertiary/aromatic N) is 1. The summed E-state index contributed by atoms with van der Waals surface area (Å²) in [5.74, 6) is 4.99. The molecule has 3 heteroatoms. The molecule has 0 radical (unpaired) electrons. The molecule has 0 saturated carbocycles. The summed E-state index contributed by atoms with van der Waals surface area (Å²) in [5, 5.41) is 0. The first-order valence-electron chi connectivity index (χ1n) is 2.57. The predicted molar refractivity (Wildman–Crippen MR) is 40.0 cm³/mol. The monoisotopic (exact) mass is 125 g/mol. The number of hydrazine groups is 1. The summed E-state index contributed by atoms with van der Waals surface area (Å²) >= 11 is 0. The zero-order valence-electron chi connectivity index (χ0n) is 5.30. The van der Waals surface area contributed by atoms with Gasteiger partial charge >= 0.3 is 0 Å². The summed E-state index contributed by atoms with van der Waals surface area (Å²) < 4.78 is 0. The molecule has 3 N–H and O–H groups in total. The lowest BCUT2D eigenvalue weighted by Crippen LogP contribution is -2.23. The van der Waals surface area contributed by atoms with E-state index in [1.165, 1.54) is 0 Å². The van der Waals surface area contributed by atoms with Crippen LogP contribution in [0.4, 0.5) is 0 Å². The molecule has 9 heavy (non-hydrogen) atoms. The van der Waals surface area contributed by atoms with Crippen LogP contribution in [0.15, 0.2) is 29.9 Å². The quantitative estimate of drug-likeness (QED) is 0.321. The second kappa shape index (κ2) is 5.21. The van der Waals surface area contributed by atoms with Crippen LogP contribution >= 0.6 is 0 Å². The summed E-state index contributed by atoms with van der Waals surface area (Å²) in [6, 6.07) is 0. The van der Waals surface area contributed by atoms with Crippen molar-refractivity contribution in [2.45, 2.75) is 0 Å². The molecule has 0 fully saturated rings. The van der Waals surface area contributed by atoms with E-state index in [2.05, 4.69) is 23.6 Å². The van der Waals surface area contributed by atoms with Gasteiger partial charge in [-0.3, -0.25) is 16.3 Å². The fraction of sp³-hybridized carbons (Fsp3) is 0.167. The average molecular weight is 125 g/mol. The van der Waals surface area contributed by atoms with Gasteiger partial charge in [0.05, 0.1) is 6.54 Å². The zero-order chi connectivity index (χ0) is 7.11. The van der Waals surface area contributed by atoms with Gasteiger partial charge < -0.3 is 0 Å². The Morgan fingerprint density at radius 1 is 1.78 bits per heavy atom. The summed E-state index contributed by atoms with van der Waals surface area (Å²) in [6.45, 7) is 7.55. The molecule has 0 aromatic heterocycles. The van der Waals surface area contributed by atoms with E-state index in [0.717, 1.165) is 0 Å². The van der Waals surface area contributed by atoms with Gasteiger partial charge in [-0.25, -0.2) is 0 Å².